The van der Waals surface area contributed by atoms with E-state index in [4.69, 9.17) is 0 Å². The number of amides is 1. The zero-order valence-corrected chi connectivity index (χ0v) is 9.60. The zero-order valence-electron chi connectivity index (χ0n) is 6.88. The number of carbonyl (C=O) groups excluding carboxylic acids is 1. The van der Waals surface area contributed by atoms with E-state index in [0.29, 0.717) is 6.04 Å². The van der Waals surface area contributed by atoms with Gasteiger partial charge in [-0.05, 0) is 13.8 Å². The van der Waals surface area contributed by atoms with Gasteiger partial charge in [-0.3, -0.25) is 4.90 Å². The Kier molecular flexibility index (Phi) is 4.91. The third kappa shape index (κ3) is 2.90. The largest absolute Gasteiger partial charge is 0.520 e. The first-order valence-corrected chi connectivity index (χ1v) is 3.61. The van der Waals surface area contributed by atoms with E-state index in [2.05, 4.69) is 18.7 Å². The van der Waals surface area contributed by atoms with Gasteiger partial charge in [-0.1, -0.05) is 0 Å². The molecule has 0 atom stereocenters. The number of hydrogen-bond acceptors (Lipinski definition) is 2. The molecule has 1 heterocycles. The maximum absolute atomic E-state index is 10.1. The molecule has 1 fully saturated rings. The Morgan fingerprint density at radius 3 is 2.27 bits per heavy atom. The summed E-state index contributed by atoms with van der Waals surface area (Å²) >= 11 is 0. The van der Waals surface area contributed by atoms with Gasteiger partial charge in [0.05, 0.1) is 0 Å². The van der Waals surface area contributed by atoms with Crippen LogP contribution >= 0.6 is 0 Å². The Labute approximate surface area is 81.4 Å². The Bertz CT molecular complexity index is 130. The normalized spacial score (nSPS) is 18.6. The molecule has 0 saturated carbocycles. The minimum absolute atomic E-state index is 0. The minimum atomic E-state index is 0. The van der Waals surface area contributed by atoms with E-state index in [-0.39, 0.29) is 20.4 Å². The van der Waals surface area contributed by atoms with Crippen LogP contribution in [0.25, 0.3) is 0 Å². The maximum atomic E-state index is 10.1. The van der Waals surface area contributed by atoms with Crippen LogP contribution in [0, 0.1) is 0 Å². The summed E-state index contributed by atoms with van der Waals surface area (Å²) in [5.41, 5.74) is 0. The van der Waals surface area contributed by atoms with Gasteiger partial charge in [0.15, 0.2) is 0 Å². The molecule has 0 N–H and O–H groups in total. The molecular weight excluding hydrogens is 314 g/mol. The predicted octanol–water partition coefficient (Wildman–Crippen LogP) is 0.0346. The first-order valence-electron chi connectivity index (χ1n) is 3.61. The molecule has 1 aliphatic heterocycles. The molecule has 0 spiro atoms. The molecule has 1 radical (unpaired) electrons. The van der Waals surface area contributed by atoms with Crippen molar-refractivity contribution < 1.29 is 25.2 Å². The van der Waals surface area contributed by atoms with Gasteiger partial charge in [-0.15, -0.1) is 0 Å². The van der Waals surface area contributed by atoms with Crippen LogP contribution in [-0.2, 0) is 25.2 Å². The fraction of sp³-hybridized carbons (Fsp3) is 0.857. The summed E-state index contributed by atoms with van der Waals surface area (Å²) in [5, 5.41) is 0. The summed E-state index contributed by atoms with van der Waals surface area (Å²) in [6, 6.07) is 0.540. The smallest absolute Gasteiger partial charge is 0.0425 e. The number of hydrogen-bond donors (Lipinski definition) is 0. The van der Waals surface area contributed by atoms with Crippen molar-refractivity contribution in [1.82, 2.24) is 9.80 Å². The average Bonchev–Trinajstić information content (AvgIpc) is 2.34. The van der Waals surface area contributed by atoms with Gasteiger partial charge in [0.1, 0.15) is 0 Å². The monoisotopic (exact) mass is 328 g/mol. The summed E-state index contributed by atoms with van der Waals surface area (Å²) in [4.78, 5) is 14.1. The predicted molar refractivity (Wildman–Crippen MR) is 39.1 cm³/mol. The quantitative estimate of drug-likeness (QED) is 0.669. The molecular formula is C7H13N2ORe-. The van der Waals surface area contributed by atoms with Crippen LogP contribution in [0.2, 0.25) is 0 Å². The second-order valence-electron chi connectivity index (χ2n) is 2.90. The Balaban J connectivity index is 0.000001000. The van der Waals surface area contributed by atoms with Crippen molar-refractivity contribution in [2.75, 3.05) is 19.8 Å². The van der Waals surface area contributed by atoms with Gasteiger partial charge < -0.3 is 9.69 Å². The van der Waals surface area contributed by atoms with Crippen molar-refractivity contribution in [2.45, 2.75) is 19.9 Å². The first kappa shape index (κ1) is 11.1. The third-order valence-corrected chi connectivity index (χ3v) is 1.87. The van der Waals surface area contributed by atoms with Crippen molar-refractivity contribution in [3.05, 3.63) is 0 Å². The van der Waals surface area contributed by atoms with Gasteiger partial charge in [0.25, 0.3) is 0 Å². The summed E-state index contributed by atoms with van der Waals surface area (Å²) in [5.74, 6) is 0. The van der Waals surface area contributed by atoms with E-state index >= 15 is 0 Å². The van der Waals surface area contributed by atoms with E-state index in [0.717, 1.165) is 19.8 Å². The number of nitrogens with zero attached hydrogens (tertiary/aromatic N) is 2. The second kappa shape index (κ2) is 4.87. The van der Waals surface area contributed by atoms with Gasteiger partial charge >= 0.3 is 0 Å². The van der Waals surface area contributed by atoms with Gasteiger partial charge in [-0.2, -0.15) is 6.41 Å². The Morgan fingerprint density at radius 1 is 1.36 bits per heavy atom. The summed E-state index contributed by atoms with van der Waals surface area (Å²) < 4.78 is 0. The zero-order chi connectivity index (χ0) is 7.56. The van der Waals surface area contributed by atoms with Crippen molar-refractivity contribution in [1.29, 1.82) is 0 Å². The molecule has 0 bridgehead atoms. The Morgan fingerprint density at radius 2 is 2.00 bits per heavy atom. The van der Waals surface area contributed by atoms with Crippen LogP contribution in [0.15, 0.2) is 0 Å². The molecule has 0 aliphatic carbocycles. The number of rotatable bonds is 2. The van der Waals surface area contributed by atoms with Crippen LogP contribution in [0.5, 0.6) is 0 Å². The fourth-order valence-electron chi connectivity index (χ4n) is 1.11. The molecule has 3 nitrogen and oxygen atoms in total. The summed E-state index contributed by atoms with van der Waals surface area (Å²) in [7, 11) is 0. The van der Waals surface area contributed by atoms with Gasteiger partial charge in [0.2, 0.25) is 0 Å². The topological polar surface area (TPSA) is 23.6 Å². The molecule has 4 heteroatoms. The fourth-order valence-corrected chi connectivity index (χ4v) is 1.11. The van der Waals surface area contributed by atoms with Crippen LogP contribution in [-0.4, -0.2) is 42.0 Å². The van der Waals surface area contributed by atoms with Crippen LogP contribution in [0.3, 0.4) is 0 Å². The molecule has 0 unspecified atom stereocenters. The average molecular weight is 327 g/mol. The molecule has 1 saturated heterocycles. The maximum Gasteiger partial charge on any atom is 0.0425 e. The minimum Gasteiger partial charge on any atom is -0.520 e. The Hall–Kier alpha value is 0.0923. The van der Waals surface area contributed by atoms with Crippen LogP contribution in [0.1, 0.15) is 13.8 Å². The van der Waals surface area contributed by atoms with Crippen molar-refractivity contribution in [3.63, 3.8) is 0 Å². The molecule has 0 aromatic rings. The molecule has 1 amide bonds. The van der Waals surface area contributed by atoms with Gasteiger partial charge in [0, 0.05) is 46.2 Å². The van der Waals surface area contributed by atoms with Crippen LogP contribution in [0.4, 0.5) is 0 Å². The van der Waals surface area contributed by atoms with Crippen molar-refractivity contribution in [3.8, 4) is 0 Å². The first-order chi connectivity index (χ1) is 4.74. The molecule has 0 aromatic heterocycles. The summed E-state index contributed by atoms with van der Waals surface area (Å²) in [6.07, 6.45) is 1.89. The van der Waals surface area contributed by atoms with Gasteiger partial charge in [-0.25, -0.2) is 0 Å². The SMILES string of the molecule is CC(C)N1CCN([C-]=O)C1.[Re]. The van der Waals surface area contributed by atoms with E-state index in [9.17, 15) is 4.79 Å². The summed E-state index contributed by atoms with van der Waals surface area (Å²) in [6.45, 7) is 6.85. The van der Waals surface area contributed by atoms with E-state index < -0.39 is 0 Å². The molecule has 1 aliphatic rings. The molecule has 65 valence electrons. The molecule has 1 rings (SSSR count). The van der Waals surface area contributed by atoms with E-state index in [1.165, 1.54) is 0 Å². The van der Waals surface area contributed by atoms with Crippen molar-refractivity contribution in [2.24, 2.45) is 0 Å². The van der Waals surface area contributed by atoms with E-state index in [1.807, 2.05) is 6.41 Å². The third-order valence-electron chi connectivity index (χ3n) is 1.87. The van der Waals surface area contributed by atoms with Crippen LogP contribution < -0.4 is 0 Å². The van der Waals surface area contributed by atoms with E-state index in [1.54, 1.807) is 4.90 Å². The van der Waals surface area contributed by atoms with Crippen molar-refractivity contribution >= 4 is 6.41 Å². The standard InChI is InChI=1S/C7H13N2O.Re/c1-7(2)9-4-3-8(5-9)6-10;/h7H,3-5H2,1-2H3;/q-1;. The second-order valence-corrected chi connectivity index (χ2v) is 2.90. The molecule has 11 heavy (non-hydrogen) atoms. The molecule has 0 aromatic carbocycles.